The standard InChI is InChI=1S/C47H45NO5/c1-44(2)25-45(3,4)27-46(26-44)37-23-30(48-5)13-18-33(37)40-39-34-20-22-52-43(34)38(51-8)24-36(39)42-35(41(40)46)19-21-47(53-42,28-9-14-31(49-6)15-10-28)29-11-16-32(50-7)17-12-29/h9-19,21,23-24H,20,22,25-27H2,1-4,6-8H3. The van der Waals surface area contributed by atoms with Crippen LogP contribution in [-0.2, 0) is 17.4 Å². The predicted octanol–water partition coefficient (Wildman–Crippen LogP) is 11.2. The van der Waals surface area contributed by atoms with Crippen LogP contribution in [0.5, 0.6) is 28.7 Å². The first-order valence-corrected chi connectivity index (χ1v) is 18.5. The van der Waals surface area contributed by atoms with Gasteiger partial charge in [0.05, 0.1) is 34.5 Å². The molecule has 6 heteroatoms. The molecule has 0 atom stereocenters. The molecule has 9 rings (SSSR count). The highest BCUT2D eigenvalue weighted by Gasteiger charge is 2.56. The Morgan fingerprint density at radius 3 is 1.96 bits per heavy atom. The van der Waals surface area contributed by atoms with E-state index in [4.69, 9.17) is 30.3 Å². The molecule has 0 N–H and O–H groups in total. The summed E-state index contributed by atoms with van der Waals surface area (Å²) in [5, 5.41) is 2.16. The lowest BCUT2D eigenvalue weighted by Crippen LogP contribution is -2.44. The van der Waals surface area contributed by atoms with Crippen molar-refractivity contribution < 1.29 is 23.7 Å². The number of rotatable bonds is 5. The Labute approximate surface area is 312 Å². The van der Waals surface area contributed by atoms with Crippen LogP contribution in [0.25, 0.3) is 32.8 Å². The summed E-state index contributed by atoms with van der Waals surface area (Å²) >= 11 is 0. The Morgan fingerprint density at radius 2 is 1.38 bits per heavy atom. The van der Waals surface area contributed by atoms with Gasteiger partial charge in [0.2, 0.25) is 0 Å². The molecule has 0 aromatic heterocycles. The minimum atomic E-state index is -0.962. The van der Waals surface area contributed by atoms with Crippen molar-refractivity contribution in [2.24, 2.45) is 10.8 Å². The third-order valence-electron chi connectivity index (χ3n) is 12.1. The second-order valence-electron chi connectivity index (χ2n) is 16.8. The fraction of sp³-hybridized carbons (Fsp3) is 0.340. The van der Waals surface area contributed by atoms with Gasteiger partial charge in [-0.3, -0.25) is 0 Å². The first kappa shape index (κ1) is 33.4. The third kappa shape index (κ3) is 4.82. The zero-order valence-corrected chi connectivity index (χ0v) is 31.6. The molecule has 2 aliphatic carbocycles. The second kappa shape index (κ2) is 11.5. The van der Waals surface area contributed by atoms with Crippen LogP contribution in [0.2, 0.25) is 0 Å². The Morgan fingerprint density at radius 1 is 0.736 bits per heavy atom. The highest BCUT2D eigenvalue weighted by atomic mass is 16.5. The molecule has 5 aromatic carbocycles. The lowest BCUT2D eigenvalue weighted by molar-refractivity contribution is 0.0642. The van der Waals surface area contributed by atoms with E-state index in [1.807, 2.05) is 30.3 Å². The fourth-order valence-corrected chi connectivity index (χ4v) is 10.9. The summed E-state index contributed by atoms with van der Waals surface area (Å²) in [4.78, 5) is 3.96. The molecule has 5 aromatic rings. The molecule has 0 unspecified atom stereocenters. The van der Waals surface area contributed by atoms with E-state index in [9.17, 15) is 0 Å². The van der Waals surface area contributed by atoms with Gasteiger partial charge >= 0.3 is 0 Å². The molecule has 53 heavy (non-hydrogen) atoms. The maximum Gasteiger partial charge on any atom is 0.187 e. The van der Waals surface area contributed by atoms with Crippen LogP contribution in [0.15, 0.2) is 78.9 Å². The number of hydrogen-bond donors (Lipinski definition) is 0. The fourth-order valence-electron chi connectivity index (χ4n) is 10.9. The second-order valence-corrected chi connectivity index (χ2v) is 16.8. The Bertz CT molecular complexity index is 2330. The van der Waals surface area contributed by atoms with Crippen molar-refractivity contribution >= 4 is 22.5 Å². The lowest BCUT2D eigenvalue weighted by Gasteiger charge is -2.52. The van der Waals surface area contributed by atoms with E-state index in [2.05, 4.69) is 87.2 Å². The molecule has 4 aliphatic rings. The summed E-state index contributed by atoms with van der Waals surface area (Å²) in [5.74, 6) is 3.92. The van der Waals surface area contributed by atoms with Crippen molar-refractivity contribution in [2.45, 2.75) is 64.4 Å². The normalized spacial score (nSPS) is 18.9. The maximum absolute atomic E-state index is 8.06. The average Bonchev–Trinajstić information content (AvgIpc) is 3.74. The SMILES string of the molecule is [C-]#[N+]c1ccc2c(c1)C1(CC(C)(C)CC(C)(C)C1)c1c3c(c4cc(OC)c5c(c4c1-2)CCO5)OC(c1ccc(OC)cc1)(c1ccc(OC)cc1)C=C3. The number of hydrogen-bond acceptors (Lipinski definition) is 5. The summed E-state index contributed by atoms with van der Waals surface area (Å²) in [6.07, 6.45) is 8.38. The number of ether oxygens (including phenoxy) is 5. The zero-order chi connectivity index (χ0) is 36.9. The van der Waals surface area contributed by atoms with Crippen molar-refractivity contribution in [1.82, 2.24) is 0 Å². The van der Waals surface area contributed by atoms with Crippen molar-refractivity contribution in [3.05, 3.63) is 124 Å². The van der Waals surface area contributed by atoms with Crippen molar-refractivity contribution in [1.29, 1.82) is 0 Å². The molecular weight excluding hydrogens is 659 g/mol. The van der Waals surface area contributed by atoms with Crippen LogP contribution in [0.4, 0.5) is 5.69 Å². The number of methoxy groups -OCH3 is 3. The van der Waals surface area contributed by atoms with Gasteiger partial charge in [-0.2, -0.15) is 0 Å². The predicted molar refractivity (Wildman–Crippen MR) is 210 cm³/mol. The van der Waals surface area contributed by atoms with E-state index in [0.717, 1.165) is 81.7 Å². The van der Waals surface area contributed by atoms with Crippen molar-refractivity contribution in [3.63, 3.8) is 0 Å². The van der Waals surface area contributed by atoms with E-state index in [1.165, 1.54) is 22.3 Å². The van der Waals surface area contributed by atoms with Gasteiger partial charge in [-0.15, -0.1) is 0 Å². The first-order valence-electron chi connectivity index (χ1n) is 18.5. The quantitative estimate of drug-likeness (QED) is 0.171. The van der Waals surface area contributed by atoms with Gasteiger partial charge in [0, 0.05) is 44.9 Å². The number of benzene rings is 5. The Kier molecular flexibility index (Phi) is 7.28. The molecule has 1 spiro atoms. The highest BCUT2D eigenvalue weighted by Crippen LogP contribution is 2.68. The number of nitrogens with zero attached hydrogens (tertiary/aromatic N) is 1. The summed E-state index contributed by atoms with van der Waals surface area (Å²) in [6.45, 7) is 18.3. The van der Waals surface area contributed by atoms with Crippen LogP contribution < -0.4 is 23.7 Å². The largest absolute Gasteiger partial charge is 0.497 e. The molecular formula is C47H45NO5. The summed E-state index contributed by atoms with van der Waals surface area (Å²) in [7, 11) is 5.09. The third-order valence-corrected chi connectivity index (χ3v) is 12.1. The lowest BCUT2D eigenvalue weighted by atomic mass is 9.52. The van der Waals surface area contributed by atoms with E-state index in [-0.39, 0.29) is 16.2 Å². The van der Waals surface area contributed by atoms with Crippen molar-refractivity contribution in [3.8, 4) is 39.9 Å². The van der Waals surface area contributed by atoms with Crippen LogP contribution in [-0.4, -0.2) is 27.9 Å². The molecule has 2 heterocycles. The van der Waals surface area contributed by atoms with E-state index in [0.29, 0.717) is 18.0 Å². The Balaban J connectivity index is 1.42. The highest BCUT2D eigenvalue weighted by molar-refractivity contribution is 6.12. The van der Waals surface area contributed by atoms with Gasteiger partial charge in [0.25, 0.3) is 0 Å². The van der Waals surface area contributed by atoms with Gasteiger partial charge in [-0.25, -0.2) is 4.85 Å². The summed E-state index contributed by atoms with van der Waals surface area (Å²) in [5.41, 5.74) is 8.73. The van der Waals surface area contributed by atoms with Gasteiger partial charge in [-0.05, 0) is 88.8 Å². The average molecular weight is 704 g/mol. The number of fused-ring (bicyclic) bond motifs is 12. The smallest absolute Gasteiger partial charge is 0.187 e. The molecule has 0 radical (unpaired) electrons. The minimum absolute atomic E-state index is 0.0523. The minimum Gasteiger partial charge on any atom is -0.497 e. The van der Waals surface area contributed by atoms with Gasteiger partial charge in [0.15, 0.2) is 22.8 Å². The van der Waals surface area contributed by atoms with E-state index < -0.39 is 5.60 Å². The van der Waals surface area contributed by atoms with E-state index in [1.54, 1.807) is 21.3 Å². The molecule has 1 saturated carbocycles. The summed E-state index contributed by atoms with van der Waals surface area (Å²) in [6, 6.07) is 24.8. The maximum atomic E-state index is 8.06. The zero-order valence-electron chi connectivity index (χ0n) is 31.6. The molecule has 1 fully saturated rings. The van der Waals surface area contributed by atoms with Crippen LogP contribution in [0.1, 0.15) is 80.3 Å². The topological polar surface area (TPSA) is 50.5 Å². The molecule has 6 nitrogen and oxygen atoms in total. The molecule has 0 amide bonds. The van der Waals surface area contributed by atoms with Gasteiger partial charge < -0.3 is 23.7 Å². The van der Waals surface area contributed by atoms with Gasteiger partial charge in [-0.1, -0.05) is 76.2 Å². The van der Waals surface area contributed by atoms with Crippen LogP contribution >= 0.6 is 0 Å². The summed E-state index contributed by atoms with van der Waals surface area (Å²) < 4.78 is 31.3. The Hall–Kier alpha value is -5.41. The first-order chi connectivity index (χ1) is 25.5. The van der Waals surface area contributed by atoms with Crippen LogP contribution in [0, 0.1) is 17.4 Å². The molecule has 268 valence electrons. The van der Waals surface area contributed by atoms with Crippen LogP contribution in [0.3, 0.4) is 0 Å². The molecule has 2 aliphatic heterocycles. The van der Waals surface area contributed by atoms with E-state index >= 15 is 0 Å². The van der Waals surface area contributed by atoms with Crippen molar-refractivity contribution in [2.75, 3.05) is 27.9 Å². The molecule has 0 bridgehead atoms. The van der Waals surface area contributed by atoms with Gasteiger partial charge in [0.1, 0.15) is 17.2 Å². The molecule has 0 saturated heterocycles. The monoisotopic (exact) mass is 703 g/mol.